The number of aryl methyl sites for hydroxylation is 1. The quantitative estimate of drug-likeness (QED) is 0.832. The van der Waals surface area contributed by atoms with Gasteiger partial charge < -0.3 is 10.6 Å². The lowest BCUT2D eigenvalue weighted by atomic mass is 10.0. The molecular weight excluding hydrogens is 224 g/mol. The first-order valence-electron chi connectivity index (χ1n) is 6.46. The van der Waals surface area contributed by atoms with Crippen LogP contribution in [0.5, 0.6) is 0 Å². The first kappa shape index (κ1) is 14.6. The number of carbonyl (C=O) groups excluding carboxylic acids is 1. The van der Waals surface area contributed by atoms with E-state index >= 15 is 0 Å². The van der Waals surface area contributed by atoms with Crippen LogP contribution in [0.1, 0.15) is 43.1 Å². The summed E-state index contributed by atoms with van der Waals surface area (Å²) in [4.78, 5) is 14.2. The lowest BCUT2D eigenvalue weighted by molar-refractivity contribution is 0.0729. The second-order valence-corrected chi connectivity index (χ2v) is 5.43. The zero-order valence-corrected chi connectivity index (χ0v) is 12.0. The molecule has 1 rings (SSSR count). The van der Waals surface area contributed by atoms with Gasteiger partial charge >= 0.3 is 0 Å². The minimum Gasteiger partial charge on any atom is -0.398 e. The van der Waals surface area contributed by atoms with Gasteiger partial charge in [0.05, 0.1) is 5.56 Å². The molecule has 0 saturated heterocycles. The second kappa shape index (κ2) is 5.89. The molecule has 0 bridgehead atoms. The molecule has 3 heteroatoms. The van der Waals surface area contributed by atoms with Crippen molar-refractivity contribution in [3.05, 3.63) is 29.3 Å². The number of anilines is 1. The van der Waals surface area contributed by atoms with Crippen molar-refractivity contribution < 1.29 is 4.79 Å². The van der Waals surface area contributed by atoms with Crippen LogP contribution in [0.15, 0.2) is 18.2 Å². The highest BCUT2D eigenvalue weighted by atomic mass is 16.2. The van der Waals surface area contributed by atoms with Crippen LogP contribution in [0.3, 0.4) is 0 Å². The Morgan fingerprint density at radius 3 is 2.50 bits per heavy atom. The Kier molecular flexibility index (Phi) is 4.76. The van der Waals surface area contributed by atoms with Crippen molar-refractivity contribution in [1.29, 1.82) is 0 Å². The van der Waals surface area contributed by atoms with Gasteiger partial charge in [0.1, 0.15) is 0 Å². The van der Waals surface area contributed by atoms with Gasteiger partial charge in [0, 0.05) is 18.8 Å². The topological polar surface area (TPSA) is 46.3 Å². The number of hydrogen-bond donors (Lipinski definition) is 1. The van der Waals surface area contributed by atoms with E-state index in [-0.39, 0.29) is 11.9 Å². The first-order chi connectivity index (χ1) is 8.34. The summed E-state index contributed by atoms with van der Waals surface area (Å²) in [6.45, 7) is 8.32. The lowest BCUT2D eigenvalue weighted by Crippen LogP contribution is -2.36. The number of para-hydroxylation sites is 1. The van der Waals surface area contributed by atoms with Gasteiger partial charge in [-0.3, -0.25) is 4.79 Å². The van der Waals surface area contributed by atoms with Crippen LogP contribution in [0.25, 0.3) is 0 Å². The zero-order chi connectivity index (χ0) is 13.9. The highest BCUT2D eigenvalue weighted by Gasteiger charge is 2.20. The van der Waals surface area contributed by atoms with E-state index < -0.39 is 0 Å². The molecule has 0 aromatic heterocycles. The van der Waals surface area contributed by atoms with Gasteiger partial charge in [-0.2, -0.15) is 0 Å². The fourth-order valence-electron chi connectivity index (χ4n) is 2.10. The smallest absolute Gasteiger partial charge is 0.255 e. The summed E-state index contributed by atoms with van der Waals surface area (Å²) in [6.07, 6.45) is 0.994. The molecule has 18 heavy (non-hydrogen) atoms. The first-order valence-corrected chi connectivity index (χ1v) is 6.46. The third-order valence-corrected chi connectivity index (χ3v) is 3.35. The predicted molar refractivity (Wildman–Crippen MR) is 76.6 cm³/mol. The number of nitrogens with two attached hydrogens (primary N) is 1. The summed E-state index contributed by atoms with van der Waals surface area (Å²) in [6, 6.07) is 5.81. The molecule has 1 amide bonds. The standard InChI is InChI=1S/C15H24N2O/c1-10(2)9-12(4)17(5)15(18)13-8-6-7-11(3)14(13)16/h6-8,10,12H,9,16H2,1-5H3. The maximum atomic E-state index is 12.4. The molecule has 2 N–H and O–H groups in total. The second-order valence-electron chi connectivity index (χ2n) is 5.43. The molecule has 1 aromatic rings. The molecule has 0 saturated carbocycles. The minimum absolute atomic E-state index is 0.00403. The Labute approximate surface area is 110 Å². The van der Waals surface area contributed by atoms with E-state index in [1.54, 1.807) is 11.0 Å². The van der Waals surface area contributed by atoms with Crippen molar-refractivity contribution in [2.24, 2.45) is 5.92 Å². The number of benzene rings is 1. The minimum atomic E-state index is 0.00403. The average molecular weight is 248 g/mol. The van der Waals surface area contributed by atoms with Gasteiger partial charge in [0.25, 0.3) is 5.91 Å². The van der Waals surface area contributed by atoms with Crippen LogP contribution in [-0.4, -0.2) is 23.9 Å². The van der Waals surface area contributed by atoms with Crippen LogP contribution in [0, 0.1) is 12.8 Å². The summed E-state index contributed by atoms with van der Waals surface area (Å²) in [5.74, 6) is 0.578. The molecule has 1 atom stereocenters. The van der Waals surface area contributed by atoms with Crippen LogP contribution in [0.2, 0.25) is 0 Å². The number of carbonyl (C=O) groups is 1. The fraction of sp³-hybridized carbons (Fsp3) is 0.533. The molecular formula is C15H24N2O. The summed E-state index contributed by atoms with van der Waals surface area (Å²) in [5, 5.41) is 0. The molecule has 0 aliphatic carbocycles. The highest BCUT2D eigenvalue weighted by Crippen LogP contribution is 2.20. The van der Waals surface area contributed by atoms with Crippen LogP contribution in [0.4, 0.5) is 5.69 Å². The molecule has 1 aromatic carbocycles. The SMILES string of the molecule is Cc1cccc(C(=O)N(C)C(C)CC(C)C)c1N. The highest BCUT2D eigenvalue weighted by molar-refractivity contribution is 5.99. The van der Waals surface area contributed by atoms with Crippen molar-refractivity contribution in [3.8, 4) is 0 Å². The van der Waals surface area contributed by atoms with E-state index in [1.807, 2.05) is 26.1 Å². The van der Waals surface area contributed by atoms with E-state index in [0.717, 1.165) is 12.0 Å². The summed E-state index contributed by atoms with van der Waals surface area (Å²) in [7, 11) is 1.84. The molecule has 100 valence electrons. The van der Waals surface area contributed by atoms with E-state index in [0.29, 0.717) is 17.2 Å². The van der Waals surface area contributed by atoms with Gasteiger partial charge in [-0.05, 0) is 37.8 Å². The third-order valence-electron chi connectivity index (χ3n) is 3.35. The molecule has 3 nitrogen and oxygen atoms in total. The summed E-state index contributed by atoms with van der Waals surface area (Å²) < 4.78 is 0. The number of nitrogen functional groups attached to an aromatic ring is 1. The average Bonchev–Trinajstić information content (AvgIpc) is 2.30. The van der Waals surface area contributed by atoms with Gasteiger partial charge in [-0.25, -0.2) is 0 Å². The molecule has 0 spiro atoms. The number of rotatable bonds is 4. The summed E-state index contributed by atoms with van der Waals surface area (Å²) in [5.41, 5.74) is 8.12. The Balaban J connectivity index is 2.90. The van der Waals surface area contributed by atoms with Crippen LogP contribution >= 0.6 is 0 Å². The van der Waals surface area contributed by atoms with Crippen molar-refractivity contribution in [3.63, 3.8) is 0 Å². The monoisotopic (exact) mass is 248 g/mol. The number of hydrogen-bond acceptors (Lipinski definition) is 2. The predicted octanol–water partition coefficient (Wildman–Crippen LogP) is 3.08. The van der Waals surface area contributed by atoms with Gasteiger partial charge in [0.15, 0.2) is 0 Å². The third kappa shape index (κ3) is 3.25. The van der Waals surface area contributed by atoms with E-state index in [1.165, 1.54) is 0 Å². The Hall–Kier alpha value is -1.51. The number of nitrogens with zero attached hydrogens (tertiary/aromatic N) is 1. The maximum Gasteiger partial charge on any atom is 0.255 e. The largest absolute Gasteiger partial charge is 0.398 e. The van der Waals surface area contributed by atoms with E-state index in [9.17, 15) is 4.79 Å². The van der Waals surface area contributed by atoms with Crippen molar-refractivity contribution in [2.75, 3.05) is 12.8 Å². The van der Waals surface area contributed by atoms with Crippen LogP contribution < -0.4 is 5.73 Å². The zero-order valence-electron chi connectivity index (χ0n) is 12.0. The Morgan fingerprint density at radius 2 is 1.94 bits per heavy atom. The molecule has 0 aliphatic rings. The molecule has 0 radical (unpaired) electrons. The fourth-order valence-corrected chi connectivity index (χ4v) is 2.10. The lowest BCUT2D eigenvalue weighted by Gasteiger charge is -2.27. The molecule has 0 fully saturated rings. The maximum absolute atomic E-state index is 12.4. The van der Waals surface area contributed by atoms with Gasteiger partial charge in [0.2, 0.25) is 0 Å². The van der Waals surface area contributed by atoms with E-state index in [2.05, 4.69) is 20.8 Å². The molecule has 0 aliphatic heterocycles. The normalized spacial score (nSPS) is 12.6. The molecule has 0 heterocycles. The Bertz CT molecular complexity index is 427. The Morgan fingerprint density at radius 1 is 1.33 bits per heavy atom. The van der Waals surface area contributed by atoms with Crippen molar-refractivity contribution in [2.45, 2.75) is 40.2 Å². The van der Waals surface area contributed by atoms with Gasteiger partial charge in [-0.15, -0.1) is 0 Å². The van der Waals surface area contributed by atoms with E-state index in [4.69, 9.17) is 5.73 Å². The van der Waals surface area contributed by atoms with Crippen molar-refractivity contribution in [1.82, 2.24) is 4.90 Å². The molecule has 1 unspecified atom stereocenters. The van der Waals surface area contributed by atoms with Crippen LogP contribution in [-0.2, 0) is 0 Å². The summed E-state index contributed by atoms with van der Waals surface area (Å²) >= 11 is 0. The van der Waals surface area contributed by atoms with Gasteiger partial charge in [-0.1, -0.05) is 26.0 Å². The number of amides is 1. The van der Waals surface area contributed by atoms with Crippen molar-refractivity contribution >= 4 is 11.6 Å².